The Labute approximate surface area is 153 Å². The number of nitrogens with zero attached hydrogens (tertiary/aromatic N) is 1. The third-order valence-electron chi connectivity index (χ3n) is 4.36. The predicted molar refractivity (Wildman–Crippen MR) is 106 cm³/mol. The number of methoxy groups -OCH3 is 1. The van der Waals surface area contributed by atoms with Crippen LogP contribution in [0.15, 0.2) is 12.1 Å². The number of rotatable bonds is 8. The summed E-state index contributed by atoms with van der Waals surface area (Å²) >= 11 is 0. The average molecular weight is 349 g/mol. The largest absolute Gasteiger partial charge is 0.496 e. The van der Waals surface area contributed by atoms with Crippen LogP contribution in [-0.2, 0) is 0 Å². The summed E-state index contributed by atoms with van der Waals surface area (Å²) in [6.45, 7) is 14.7. The fourth-order valence-corrected chi connectivity index (χ4v) is 3.19. The van der Waals surface area contributed by atoms with Gasteiger partial charge in [-0.15, -0.1) is 0 Å². The second kappa shape index (κ2) is 9.23. The van der Waals surface area contributed by atoms with Gasteiger partial charge >= 0.3 is 0 Å². The number of hydrogen-bond acceptors (Lipinski definition) is 3. The maximum Gasteiger partial charge on any atom is 0.251 e. The van der Waals surface area contributed by atoms with Gasteiger partial charge in [0.25, 0.3) is 5.91 Å². The number of amides is 1. The second-order valence-electron chi connectivity index (χ2n) is 8.44. The van der Waals surface area contributed by atoms with Gasteiger partial charge in [0.05, 0.1) is 7.11 Å². The van der Waals surface area contributed by atoms with Crippen molar-refractivity contribution in [2.24, 2.45) is 5.41 Å². The Bertz CT molecular complexity index is 553. The Morgan fingerprint density at radius 2 is 1.80 bits per heavy atom. The van der Waals surface area contributed by atoms with E-state index in [1.165, 1.54) is 12.8 Å². The van der Waals surface area contributed by atoms with E-state index in [1.807, 2.05) is 26.0 Å². The Hall–Kier alpha value is -1.55. The number of benzene rings is 1. The molecule has 0 aliphatic carbocycles. The van der Waals surface area contributed by atoms with E-state index in [4.69, 9.17) is 4.74 Å². The minimum atomic E-state index is -0.0237. The van der Waals surface area contributed by atoms with Gasteiger partial charge in [-0.25, -0.2) is 0 Å². The molecule has 1 unspecified atom stereocenters. The molecule has 1 aromatic carbocycles. The first-order valence-corrected chi connectivity index (χ1v) is 9.18. The van der Waals surface area contributed by atoms with E-state index >= 15 is 0 Å². The van der Waals surface area contributed by atoms with Crippen molar-refractivity contribution in [3.8, 4) is 5.75 Å². The van der Waals surface area contributed by atoms with E-state index in [0.29, 0.717) is 11.0 Å². The molecule has 0 bridgehead atoms. The Balaban J connectivity index is 2.54. The number of nitrogens with one attached hydrogen (secondary N) is 1. The van der Waals surface area contributed by atoms with E-state index in [2.05, 4.69) is 45.0 Å². The molecule has 4 nitrogen and oxygen atoms in total. The van der Waals surface area contributed by atoms with E-state index < -0.39 is 0 Å². The van der Waals surface area contributed by atoms with E-state index in [1.54, 1.807) is 7.11 Å². The SMILES string of the molecule is COc1c(C)cc(C(=O)NC(C)CN(C)CCCC(C)(C)C)cc1C. The summed E-state index contributed by atoms with van der Waals surface area (Å²) in [5, 5.41) is 3.10. The third-order valence-corrected chi connectivity index (χ3v) is 4.36. The minimum Gasteiger partial charge on any atom is -0.496 e. The van der Waals surface area contributed by atoms with Gasteiger partial charge in [-0.2, -0.15) is 0 Å². The average Bonchev–Trinajstić information content (AvgIpc) is 2.45. The van der Waals surface area contributed by atoms with Crippen LogP contribution in [0.1, 0.15) is 62.0 Å². The lowest BCUT2D eigenvalue weighted by Gasteiger charge is -2.24. The van der Waals surface area contributed by atoms with Crippen LogP contribution in [-0.4, -0.2) is 44.1 Å². The van der Waals surface area contributed by atoms with Gasteiger partial charge in [0.1, 0.15) is 5.75 Å². The molecule has 1 aromatic rings. The highest BCUT2D eigenvalue weighted by Gasteiger charge is 2.15. The number of carbonyl (C=O) groups is 1. The molecule has 1 amide bonds. The summed E-state index contributed by atoms with van der Waals surface area (Å²) in [5.74, 6) is 0.827. The third kappa shape index (κ3) is 7.47. The molecule has 0 fully saturated rings. The normalized spacial score (nSPS) is 13.0. The molecule has 0 aliphatic heterocycles. The minimum absolute atomic E-state index is 0.0237. The first-order chi connectivity index (χ1) is 11.5. The smallest absolute Gasteiger partial charge is 0.251 e. The standard InChI is InChI=1S/C21H36N2O2/c1-15-12-18(13-16(2)19(15)25-8)20(24)22-17(3)14-23(7)11-9-10-21(4,5)6/h12-13,17H,9-11,14H2,1-8H3,(H,22,24). The van der Waals surface area contributed by atoms with Crippen LogP contribution in [0.25, 0.3) is 0 Å². The topological polar surface area (TPSA) is 41.6 Å². The van der Waals surface area contributed by atoms with E-state index in [-0.39, 0.29) is 11.9 Å². The first-order valence-electron chi connectivity index (χ1n) is 9.18. The highest BCUT2D eigenvalue weighted by atomic mass is 16.5. The zero-order valence-electron chi connectivity index (χ0n) is 17.3. The Kier molecular flexibility index (Phi) is 7.94. The molecule has 0 aromatic heterocycles. The Morgan fingerprint density at radius 3 is 2.28 bits per heavy atom. The molecule has 142 valence electrons. The van der Waals surface area contributed by atoms with Crippen LogP contribution in [0, 0.1) is 19.3 Å². The van der Waals surface area contributed by atoms with Gasteiger partial charge in [0.15, 0.2) is 0 Å². The molecule has 0 saturated carbocycles. The van der Waals surface area contributed by atoms with Crippen molar-refractivity contribution in [2.75, 3.05) is 27.2 Å². The van der Waals surface area contributed by atoms with Crippen LogP contribution in [0.4, 0.5) is 0 Å². The molecule has 0 radical (unpaired) electrons. The zero-order valence-corrected chi connectivity index (χ0v) is 17.3. The van der Waals surface area contributed by atoms with Gasteiger partial charge in [0, 0.05) is 18.2 Å². The van der Waals surface area contributed by atoms with Crippen molar-refractivity contribution in [1.29, 1.82) is 0 Å². The zero-order chi connectivity index (χ0) is 19.2. The number of likely N-dealkylation sites (N-methyl/N-ethyl adjacent to an activating group) is 1. The second-order valence-corrected chi connectivity index (χ2v) is 8.44. The highest BCUT2D eigenvalue weighted by molar-refractivity contribution is 5.95. The Morgan fingerprint density at radius 1 is 1.24 bits per heavy atom. The molecule has 25 heavy (non-hydrogen) atoms. The maximum atomic E-state index is 12.5. The number of carbonyl (C=O) groups excluding carboxylic acids is 1. The number of hydrogen-bond donors (Lipinski definition) is 1. The molecule has 0 heterocycles. The van der Waals surface area contributed by atoms with E-state index in [9.17, 15) is 4.79 Å². The van der Waals surface area contributed by atoms with Crippen molar-refractivity contribution in [2.45, 2.75) is 60.4 Å². The van der Waals surface area contributed by atoms with Crippen LogP contribution >= 0.6 is 0 Å². The van der Waals surface area contributed by atoms with Gasteiger partial charge in [-0.05, 0) is 75.9 Å². The summed E-state index contributed by atoms with van der Waals surface area (Å²) in [6, 6.07) is 3.89. The lowest BCUT2D eigenvalue weighted by Crippen LogP contribution is -2.41. The fourth-order valence-electron chi connectivity index (χ4n) is 3.19. The lowest BCUT2D eigenvalue weighted by molar-refractivity contribution is 0.0931. The van der Waals surface area contributed by atoms with Gasteiger partial charge in [0.2, 0.25) is 0 Å². The van der Waals surface area contributed by atoms with Crippen molar-refractivity contribution in [1.82, 2.24) is 10.2 Å². The molecule has 1 rings (SSSR count). The van der Waals surface area contributed by atoms with Crippen LogP contribution in [0.2, 0.25) is 0 Å². The van der Waals surface area contributed by atoms with Crippen LogP contribution < -0.4 is 10.1 Å². The lowest BCUT2D eigenvalue weighted by atomic mass is 9.90. The predicted octanol–water partition coefficient (Wildman–Crippen LogP) is 4.19. The molecular weight excluding hydrogens is 312 g/mol. The molecule has 0 spiro atoms. The molecule has 4 heteroatoms. The summed E-state index contributed by atoms with van der Waals surface area (Å²) in [4.78, 5) is 14.8. The van der Waals surface area contributed by atoms with Crippen molar-refractivity contribution in [3.05, 3.63) is 28.8 Å². The summed E-state index contributed by atoms with van der Waals surface area (Å²) in [6.07, 6.45) is 2.39. The molecule has 0 aliphatic rings. The summed E-state index contributed by atoms with van der Waals surface area (Å²) < 4.78 is 5.37. The molecule has 1 atom stereocenters. The summed E-state index contributed by atoms with van der Waals surface area (Å²) in [7, 11) is 3.78. The molecule has 0 saturated heterocycles. The van der Waals surface area contributed by atoms with Crippen molar-refractivity contribution < 1.29 is 9.53 Å². The molecule has 1 N–H and O–H groups in total. The number of aryl methyl sites for hydroxylation is 2. The fraction of sp³-hybridized carbons (Fsp3) is 0.667. The maximum absolute atomic E-state index is 12.5. The van der Waals surface area contributed by atoms with Gasteiger partial charge < -0.3 is 15.0 Å². The van der Waals surface area contributed by atoms with Crippen LogP contribution in [0.5, 0.6) is 5.75 Å². The quantitative estimate of drug-likeness (QED) is 0.766. The van der Waals surface area contributed by atoms with Gasteiger partial charge in [-0.1, -0.05) is 20.8 Å². The number of ether oxygens (including phenoxy) is 1. The van der Waals surface area contributed by atoms with E-state index in [0.717, 1.165) is 30.0 Å². The van der Waals surface area contributed by atoms with Crippen molar-refractivity contribution >= 4 is 5.91 Å². The van der Waals surface area contributed by atoms with Crippen molar-refractivity contribution in [3.63, 3.8) is 0 Å². The molecular formula is C21H36N2O2. The van der Waals surface area contributed by atoms with Gasteiger partial charge in [-0.3, -0.25) is 4.79 Å². The summed E-state index contributed by atoms with van der Waals surface area (Å²) in [5.41, 5.74) is 3.04. The highest BCUT2D eigenvalue weighted by Crippen LogP contribution is 2.24. The van der Waals surface area contributed by atoms with Crippen LogP contribution in [0.3, 0.4) is 0 Å². The first kappa shape index (κ1) is 21.5. The monoisotopic (exact) mass is 348 g/mol.